The van der Waals surface area contributed by atoms with Crippen LogP contribution in [0.2, 0.25) is 5.02 Å². The molecule has 0 N–H and O–H groups in total. The van der Waals surface area contributed by atoms with E-state index in [4.69, 9.17) is 16.3 Å². The van der Waals surface area contributed by atoms with Crippen LogP contribution in [-0.2, 0) is 4.79 Å². The largest absolute Gasteiger partial charge is 0.484 e. The van der Waals surface area contributed by atoms with Crippen molar-refractivity contribution in [1.29, 1.82) is 0 Å². The van der Waals surface area contributed by atoms with E-state index in [-0.39, 0.29) is 12.4 Å². The Bertz CT molecular complexity index is 573. The van der Waals surface area contributed by atoms with Crippen molar-refractivity contribution < 1.29 is 9.53 Å². The molecule has 1 aromatic carbocycles. The summed E-state index contributed by atoms with van der Waals surface area (Å²) in [5.41, 5.74) is 1.73. The molecule has 88 valence electrons. The molecular formula is C13H12ClNO2. The number of ketones is 1. The number of aryl methyl sites for hydroxylation is 1. The summed E-state index contributed by atoms with van der Waals surface area (Å²) in [6, 6.07) is 5.39. The first-order valence-corrected chi connectivity index (χ1v) is 5.63. The predicted molar refractivity (Wildman–Crippen MR) is 67.7 cm³/mol. The van der Waals surface area contributed by atoms with E-state index in [0.29, 0.717) is 16.3 Å². The highest BCUT2D eigenvalue weighted by Gasteiger charge is 2.09. The van der Waals surface area contributed by atoms with Crippen LogP contribution in [0.15, 0.2) is 24.4 Å². The van der Waals surface area contributed by atoms with E-state index in [0.717, 1.165) is 10.9 Å². The van der Waals surface area contributed by atoms with Crippen LogP contribution in [0.3, 0.4) is 0 Å². The normalized spacial score (nSPS) is 10.5. The molecule has 0 fully saturated rings. The third kappa shape index (κ3) is 2.39. The first-order chi connectivity index (χ1) is 8.09. The molecule has 17 heavy (non-hydrogen) atoms. The second-order valence-corrected chi connectivity index (χ2v) is 4.29. The maximum absolute atomic E-state index is 10.9. The summed E-state index contributed by atoms with van der Waals surface area (Å²) in [6.07, 6.45) is 1.70. The molecule has 0 aliphatic rings. The lowest BCUT2D eigenvalue weighted by molar-refractivity contribution is -0.118. The maximum Gasteiger partial charge on any atom is 0.167 e. The summed E-state index contributed by atoms with van der Waals surface area (Å²) in [7, 11) is 0. The minimum Gasteiger partial charge on any atom is -0.484 e. The third-order valence-electron chi connectivity index (χ3n) is 2.44. The van der Waals surface area contributed by atoms with E-state index < -0.39 is 0 Å². The second kappa shape index (κ2) is 4.72. The minimum atomic E-state index is -0.0271. The molecule has 0 saturated heterocycles. The number of benzene rings is 1. The fraction of sp³-hybridized carbons (Fsp3) is 0.231. The Labute approximate surface area is 104 Å². The number of halogens is 1. The van der Waals surface area contributed by atoms with Crippen LogP contribution in [0.25, 0.3) is 10.9 Å². The molecule has 0 aliphatic heterocycles. The van der Waals surface area contributed by atoms with Crippen LogP contribution in [-0.4, -0.2) is 17.4 Å². The third-order valence-corrected chi connectivity index (χ3v) is 2.76. The summed E-state index contributed by atoms with van der Waals surface area (Å²) in [5.74, 6) is 0.559. The molecule has 0 amide bonds. The molecule has 0 atom stereocenters. The number of hydrogen-bond acceptors (Lipinski definition) is 3. The van der Waals surface area contributed by atoms with Gasteiger partial charge >= 0.3 is 0 Å². The van der Waals surface area contributed by atoms with Gasteiger partial charge in [0.05, 0.1) is 5.02 Å². The van der Waals surface area contributed by atoms with Crippen molar-refractivity contribution in [3.05, 3.63) is 35.0 Å². The lowest BCUT2D eigenvalue weighted by atomic mass is 10.1. The molecule has 1 heterocycles. The number of carbonyl (C=O) groups excluding carboxylic acids is 1. The standard InChI is InChI=1S/C13H12ClNO2/c1-8-5-6-15-13-11(17-7-9(2)16)4-3-10(14)12(8)13/h3-6H,7H2,1-2H3. The summed E-state index contributed by atoms with van der Waals surface area (Å²) in [5, 5.41) is 1.51. The Balaban J connectivity index is 2.54. The average Bonchev–Trinajstić information content (AvgIpc) is 2.28. The van der Waals surface area contributed by atoms with Gasteiger partial charge in [0, 0.05) is 11.6 Å². The molecule has 1 aromatic heterocycles. The molecule has 0 aliphatic carbocycles. The zero-order valence-corrected chi connectivity index (χ0v) is 10.4. The van der Waals surface area contributed by atoms with Gasteiger partial charge in [0.15, 0.2) is 5.78 Å². The van der Waals surface area contributed by atoms with Crippen LogP contribution in [0.5, 0.6) is 5.75 Å². The molecule has 3 nitrogen and oxygen atoms in total. The topological polar surface area (TPSA) is 39.2 Å². The van der Waals surface area contributed by atoms with Gasteiger partial charge < -0.3 is 4.74 Å². The first-order valence-electron chi connectivity index (χ1n) is 5.25. The van der Waals surface area contributed by atoms with Gasteiger partial charge in [-0.2, -0.15) is 0 Å². The van der Waals surface area contributed by atoms with Crippen LogP contribution in [0.1, 0.15) is 12.5 Å². The number of hydrogen-bond donors (Lipinski definition) is 0. The minimum absolute atomic E-state index is 0.0271. The number of ether oxygens (including phenoxy) is 1. The average molecular weight is 250 g/mol. The van der Waals surface area contributed by atoms with E-state index in [1.54, 1.807) is 18.3 Å². The monoisotopic (exact) mass is 249 g/mol. The number of fused-ring (bicyclic) bond motifs is 1. The van der Waals surface area contributed by atoms with Crippen molar-refractivity contribution >= 4 is 28.3 Å². The predicted octanol–water partition coefficient (Wildman–Crippen LogP) is 3.16. The quantitative estimate of drug-likeness (QED) is 0.839. The number of pyridine rings is 1. The van der Waals surface area contributed by atoms with Crippen molar-refractivity contribution in [2.24, 2.45) is 0 Å². The van der Waals surface area contributed by atoms with Crippen molar-refractivity contribution in [3.63, 3.8) is 0 Å². The van der Waals surface area contributed by atoms with E-state index in [1.807, 2.05) is 13.0 Å². The molecule has 2 rings (SSSR count). The Kier molecular flexibility index (Phi) is 3.29. The Hall–Kier alpha value is -1.61. The highest BCUT2D eigenvalue weighted by molar-refractivity contribution is 6.35. The van der Waals surface area contributed by atoms with Crippen LogP contribution < -0.4 is 4.74 Å². The smallest absolute Gasteiger partial charge is 0.167 e. The fourth-order valence-corrected chi connectivity index (χ4v) is 1.96. The maximum atomic E-state index is 10.9. The molecule has 2 aromatic rings. The molecular weight excluding hydrogens is 238 g/mol. The highest BCUT2D eigenvalue weighted by atomic mass is 35.5. The zero-order chi connectivity index (χ0) is 12.4. The van der Waals surface area contributed by atoms with Gasteiger partial charge in [-0.1, -0.05) is 11.6 Å². The van der Waals surface area contributed by atoms with Crippen molar-refractivity contribution in [2.45, 2.75) is 13.8 Å². The van der Waals surface area contributed by atoms with Crippen LogP contribution in [0.4, 0.5) is 0 Å². The lowest BCUT2D eigenvalue weighted by Gasteiger charge is -2.09. The Morgan fingerprint density at radius 3 is 2.88 bits per heavy atom. The zero-order valence-electron chi connectivity index (χ0n) is 9.66. The number of aromatic nitrogens is 1. The molecule has 4 heteroatoms. The van der Waals surface area contributed by atoms with Crippen molar-refractivity contribution in [3.8, 4) is 5.75 Å². The summed E-state index contributed by atoms with van der Waals surface area (Å²) in [6.45, 7) is 3.49. The van der Waals surface area contributed by atoms with Gasteiger partial charge in [-0.15, -0.1) is 0 Å². The fourth-order valence-electron chi connectivity index (χ4n) is 1.65. The van der Waals surface area contributed by atoms with Gasteiger partial charge in [0.2, 0.25) is 0 Å². The highest BCUT2D eigenvalue weighted by Crippen LogP contribution is 2.31. The van der Waals surface area contributed by atoms with E-state index >= 15 is 0 Å². The van der Waals surface area contributed by atoms with E-state index in [2.05, 4.69) is 4.98 Å². The molecule has 0 bridgehead atoms. The molecule has 0 radical (unpaired) electrons. The van der Waals surface area contributed by atoms with Gasteiger partial charge in [-0.05, 0) is 37.6 Å². The van der Waals surface area contributed by atoms with Crippen molar-refractivity contribution in [2.75, 3.05) is 6.61 Å². The van der Waals surface area contributed by atoms with Crippen LogP contribution in [0, 0.1) is 6.92 Å². The van der Waals surface area contributed by atoms with Crippen LogP contribution >= 0.6 is 11.6 Å². The van der Waals surface area contributed by atoms with Gasteiger partial charge in [-0.25, -0.2) is 0 Å². The Morgan fingerprint density at radius 1 is 1.41 bits per heavy atom. The Morgan fingerprint density at radius 2 is 2.18 bits per heavy atom. The lowest BCUT2D eigenvalue weighted by Crippen LogP contribution is -2.07. The van der Waals surface area contributed by atoms with E-state index in [9.17, 15) is 4.79 Å². The van der Waals surface area contributed by atoms with Gasteiger partial charge in [-0.3, -0.25) is 9.78 Å². The number of rotatable bonds is 3. The molecule has 0 saturated carbocycles. The van der Waals surface area contributed by atoms with Crippen molar-refractivity contribution in [1.82, 2.24) is 4.98 Å². The molecule has 0 unspecified atom stereocenters. The van der Waals surface area contributed by atoms with Gasteiger partial charge in [0.25, 0.3) is 0 Å². The SMILES string of the molecule is CC(=O)COc1ccc(Cl)c2c(C)ccnc12. The van der Waals surface area contributed by atoms with Gasteiger partial charge in [0.1, 0.15) is 17.9 Å². The second-order valence-electron chi connectivity index (χ2n) is 3.89. The molecule has 0 spiro atoms. The number of carbonyl (C=O) groups is 1. The summed E-state index contributed by atoms with van der Waals surface area (Å²) >= 11 is 6.13. The van der Waals surface area contributed by atoms with E-state index in [1.165, 1.54) is 6.92 Å². The summed E-state index contributed by atoms with van der Waals surface area (Å²) < 4.78 is 5.42. The number of nitrogens with zero attached hydrogens (tertiary/aromatic N) is 1. The first kappa shape index (κ1) is 11.9. The number of Topliss-reactive ketones (excluding diaryl/α,β-unsaturated/α-hetero) is 1. The summed E-state index contributed by atoms with van der Waals surface area (Å²) in [4.78, 5) is 15.2.